The van der Waals surface area contributed by atoms with Crippen molar-refractivity contribution in [1.82, 2.24) is 14.7 Å². The molecule has 0 saturated heterocycles. The quantitative estimate of drug-likeness (QED) is 0.611. The first-order valence-corrected chi connectivity index (χ1v) is 10.4. The number of hydrogen-bond acceptors (Lipinski definition) is 2. The number of anilines is 1. The van der Waals surface area contributed by atoms with Gasteiger partial charge in [0.15, 0.2) is 0 Å². The summed E-state index contributed by atoms with van der Waals surface area (Å²) in [6.07, 6.45) is 2.80. The second-order valence-corrected chi connectivity index (χ2v) is 8.38. The fraction of sp³-hybridized carbons (Fsp3) is 0.273. The van der Waals surface area contributed by atoms with Gasteiger partial charge in [0.2, 0.25) is 0 Å². The summed E-state index contributed by atoms with van der Waals surface area (Å²) in [6.45, 7) is 1.82. The number of amides is 2. The lowest BCUT2D eigenvalue weighted by molar-refractivity contribution is 0.185. The molecule has 6 nitrogen and oxygen atoms in total. The number of urea groups is 1. The Morgan fingerprint density at radius 3 is 2.45 bits per heavy atom. The van der Waals surface area contributed by atoms with E-state index in [2.05, 4.69) is 26.6 Å². The van der Waals surface area contributed by atoms with E-state index in [1.54, 1.807) is 9.36 Å². The van der Waals surface area contributed by atoms with Gasteiger partial charge in [0.1, 0.15) is 5.69 Å². The molecule has 0 spiro atoms. The van der Waals surface area contributed by atoms with Gasteiger partial charge in [-0.2, -0.15) is 0 Å². The first-order valence-electron chi connectivity index (χ1n) is 9.60. The van der Waals surface area contributed by atoms with Gasteiger partial charge in [-0.1, -0.05) is 46.3 Å². The van der Waals surface area contributed by atoms with Crippen LogP contribution in [0.4, 0.5) is 10.5 Å². The Morgan fingerprint density at radius 1 is 1.10 bits per heavy atom. The molecule has 0 aliphatic heterocycles. The topological polar surface area (TPSA) is 68.1 Å². The lowest BCUT2D eigenvalue weighted by Crippen LogP contribution is -2.52. The SMILES string of the molecule is Cc1c(NC(=O)NC2(c3cccc(Br)c3)CCC2)c(=O)n(-c2ccccc2)n1C. The lowest BCUT2D eigenvalue weighted by Gasteiger charge is -2.43. The largest absolute Gasteiger partial charge is 0.328 e. The number of halogens is 1. The van der Waals surface area contributed by atoms with Crippen LogP contribution in [-0.4, -0.2) is 15.4 Å². The van der Waals surface area contributed by atoms with Crippen molar-refractivity contribution < 1.29 is 4.79 Å². The van der Waals surface area contributed by atoms with Gasteiger partial charge >= 0.3 is 6.03 Å². The molecule has 0 unspecified atom stereocenters. The first-order chi connectivity index (χ1) is 13.9. The number of aromatic nitrogens is 2. The van der Waals surface area contributed by atoms with Crippen LogP contribution in [-0.2, 0) is 12.6 Å². The molecule has 29 heavy (non-hydrogen) atoms. The van der Waals surface area contributed by atoms with Crippen molar-refractivity contribution in [2.24, 2.45) is 7.05 Å². The molecular weight excluding hydrogens is 432 g/mol. The smallest absolute Gasteiger partial charge is 0.320 e. The Kier molecular flexibility index (Phi) is 5.08. The predicted molar refractivity (Wildman–Crippen MR) is 118 cm³/mol. The Labute approximate surface area is 177 Å². The molecule has 2 amide bonds. The predicted octanol–water partition coefficient (Wildman–Crippen LogP) is 4.45. The van der Waals surface area contributed by atoms with Crippen LogP contribution in [0.5, 0.6) is 0 Å². The van der Waals surface area contributed by atoms with Crippen LogP contribution in [0.2, 0.25) is 0 Å². The highest BCUT2D eigenvalue weighted by Gasteiger charge is 2.40. The van der Waals surface area contributed by atoms with Crippen molar-refractivity contribution in [3.63, 3.8) is 0 Å². The van der Waals surface area contributed by atoms with Gasteiger partial charge in [-0.15, -0.1) is 0 Å². The summed E-state index contributed by atoms with van der Waals surface area (Å²) >= 11 is 3.50. The van der Waals surface area contributed by atoms with E-state index in [0.717, 1.165) is 35.0 Å². The molecule has 0 radical (unpaired) electrons. The molecule has 2 aromatic carbocycles. The van der Waals surface area contributed by atoms with E-state index in [0.29, 0.717) is 5.69 Å². The summed E-state index contributed by atoms with van der Waals surface area (Å²) < 4.78 is 4.28. The molecule has 7 heteroatoms. The van der Waals surface area contributed by atoms with Gasteiger partial charge in [0.25, 0.3) is 5.56 Å². The number of carbonyl (C=O) groups is 1. The zero-order chi connectivity index (χ0) is 20.6. The third-order valence-electron chi connectivity index (χ3n) is 5.73. The molecule has 1 aliphatic rings. The normalized spacial score (nSPS) is 14.9. The van der Waals surface area contributed by atoms with Crippen molar-refractivity contribution in [3.05, 3.63) is 80.7 Å². The van der Waals surface area contributed by atoms with Crippen LogP contribution < -0.4 is 16.2 Å². The Hall–Kier alpha value is -2.80. The van der Waals surface area contributed by atoms with E-state index >= 15 is 0 Å². The van der Waals surface area contributed by atoms with Crippen LogP contribution in [0.15, 0.2) is 63.9 Å². The fourth-order valence-electron chi connectivity index (χ4n) is 3.88. The zero-order valence-corrected chi connectivity index (χ0v) is 18.0. The van der Waals surface area contributed by atoms with Crippen LogP contribution >= 0.6 is 15.9 Å². The minimum Gasteiger partial charge on any atom is -0.328 e. The molecule has 150 valence electrons. The average Bonchev–Trinajstić information content (AvgIpc) is 2.89. The molecule has 3 aromatic rings. The average molecular weight is 455 g/mol. The van der Waals surface area contributed by atoms with Gasteiger partial charge in [-0.3, -0.25) is 9.48 Å². The number of rotatable bonds is 4. The maximum atomic E-state index is 13.0. The summed E-state index contributed by atoms with van der Waals surface area (Å²) in [6, 6.07) is 17.0. The van der Waals surface area contributed by atoms with E-state index in [-0.39, 0.29) is 17.3 Å². The van der Waals surface area contributed by atoms with Crippen LogP contribution in [0.25, 0.3) is 5.69 Å². The van der Waals surface area contributed by atoms with Gasteiger partial charge in [0, 0.05) is 11.5 Å². The molecular formula is C22H23BrN4O2. The number of benzene rings is 2. The highest BCUT2D eigenvalue weighted by atomic mass is 79.9. The molecule has 1 aliphatic carbocycles. The lowest BCUT2D eigenvalue weighted by atomic mass is 9.72. The van der Waals surface area contributed by atoms with Crippen LogP contribution in [0.3, 0.4) is 0 Å². The number of nitrogens with zero attached hydrogens (tertiary/aromatic N) is 2. The molecule has 1 aromatic heterocycles. The van der Waals surface area contributed by atoms with Crippen molar-refractivity contribution in [3.8, 4) is 5.69 Å². The fourth-order valence-corrected chi connectivity index (χ4v) is 4.28. The molecule has 2 N–H and O–H groups in total. The number of nitrogens with one attached hydrogen (secondary N) is 2. The van der Waals surface area contributed by atoms with Crippen molar-refractivity contribution in [1.29, 1.82) is 0 Å². The molecule has 1 saturated carbocycles. The van der Waals surface area contributed by atoms with Crippen molar-refractivity contribution in [2.45, 2.75) is 31.7 Å². The van der Waals surface area contributed by atoms with Crippen molar-refractivity contribution in [2.75, 3.05) is 5.32 Å². The number of para-hydroxylation sites is 1. The third kappa shape index (κ3) is 3.51. The van der Waals surface area contributed by atoms with Gasteiger partial charge in [-0.05, 0) is 56.0 Å². The third-order valence-corrected chi connectivity index (χ3v) is 6.22. The second-order valence-electron chi connectivity index (χ2n) is 7.46. The standard InChI is InChI=1S/C22H23BrN4O2/c1-15-19(20(28)27(26(15)2)18-10-4-3-5-11-18)24-21(29)25-22(12-7-13-22)16-8-6-9-17(23)14-16/h3-6,8-11,14H,7,12-13H2,1-2H3,(H2,24,25,29). The summed E-state index contributed by atoms with van der Waals surface area (Å²) in [4.78, 5) is 25.9. The van der Waals surface area contributed by atoms with Gasteiger partial charge < -0.3 is 10.6 Å². The van der Waals surface area contributed by atoms with E-state index in [1.807, 2.05) is 68.6 Å². The zero-order valence-electron chi connectivity index (χ0n) is 16.4. The Bertz CT molecular complexity index is 1110. The molecule has 4 rings (SSSR count). The van der Waals surface area contributed by atoms with E-state index < -0.39 is 5.54 Å². The first kappa shape index (κ1) is 19.5. The molecule has 1 heterocycles. The molecule has 1 fully saturated rings. The van der Waals surface area contributed by atoms with Crippen molar-refractivity contribution >= 4 is 27.6 Å². The summed E-state index contributed by atoms with van der Waals surface area (Å²) in [5.74, 6) is 0. The number of carbonyl (C=O) groups excluding carboxylic acids is 1. The van der Waals surface area contributed by atoms with E-state index in [9.17, 15) is 9.59 Å². The monoisotopic (exact) mass is 454 g/mol. The summed E-state index contributed by atoms with van der Waals surface area (Å²) in [5, 5.41) is 5.92. The highest BCUT2D eigenvalue weighted by molar-refractivity contribution is 9.10. The van der Waals surface area contributed by atoms with Gasteiger partial charge in [-0.25, -0.2) is 9.48 Å². The van der Waals surface area contributed by atoms with Crippen LogP contribution in [0, 0.1) is 6.92 Å². The van der Waals surface area contributed by atoms with E-state index in [4.69, 9.17) is 0 Å². The summed E-state index contributed by atoms with van der Waals surface area (Å²) in [7, 11) is 1.81. The Morgan fingerprint density at radius 2 is 1.83 bits per heavy atom. The minimum atomic E-state index is -0.394. The van der Waals surface area contributed by atoms with E-state index in [1.165, 1.54) is 0 Å². The summed E-state index contributed by atoms with van der Waals surface area (Å²) in [5.41, 5.74) is 2.16. The molecule has 0 atom stereocenters. The minimum absolute atomic E-state index is 0.253. The number of hydrogen-bond donors (Lipinski definition) is 2. The molecule has 0 bridgehead atoms. The highest BCUT2D eigenvalue weighted by Crippen LogP contribution is 2.42. The Balaban J connectivity index is 1.60. The van der Waals surface area contributed by atoms with Crippen LogP contribution in [0.1, 0.15) is 30.5 Å². The maximum Gasteiger partial charge on any atom is 0.320 e. The maximum absolute atomic E-state index is 13.0. The second kappa shape index (κ2) is 7.55. The van der Waals surface area contributed by atoms with Gasteiger partial charge in [0.05, 0.1) is 16.9 Å².